The second-order valence-corrected chi connectivity index (χ2v) is 7.20. The largest absolute Gasteiger partial charge is 0.490 e. The Morgan fingerprint density at radius 3 is 2.60 bits per heavy atom. The number of carbonyl (C=O) groups is 1. The fourth-order valence-electron chi connectivity index (χ4n) is 3.20. The minimum atomic E-state index is -0.823. The molecule has 0 spiro atoms. The predicted molar refractivity (Wildman–Crippen MR) is 126 cm³/mol. The normalized spacial score (nSPS) is 10.4. The van der Waals surface area contributed by atoms with Crippen LogP contribution in [0.3, 0.4) is 0 Å². The van der Waals surface area contributed by atoms with Crippen molar-refractivity contribution in [1.82, 2.24) is 4.98 Å². The Morgan fingerprint density at radius 1 is 1.03 bits per heavy atom. The number of rotatable bonds is 8. The number of hydrogen-bond acceptors (Lipinski definition) is 7. The van der Waals surface area contributed by atoms with E-state index in [1.54, 1.807) is 55.6 Å². The van der Waals surface area contributed by atoms with Gasteiger partial charge >= 0.3 is 6.09 Å². The number of anilines is 1. The van der Waals surface area contributed by atoms with Gasteiger partial charge in [0, 0.05) is 30.8 Å². The zero-order valence-corrected chi connectivity index (χ0v) is 18.7. The van der Waals surface area contributed by atoms with Gasteiger partial charge in [-0.25, -0.2) is 9.18 Å². The number of ether oxygens (including phenoxy) is 4. The highest BCUT2D eigenvalue weighted by molar-refractivity contribution is 5.88. The monoisotopic (exact) mass is 473 g/mol. The molecule has 4 rings (SSSR count). The van der Waals surface area contributed by atoms with Crippen molar-refractivity contribution in [2.24, 2.45) is 0 Å². The summed E-state index contributed by atoms with van der Waals surface area (Å²) in [7, 11) is 1.56. The lowest BCUT2D eigenvalue weighted by Gasteiger charge is -2.13. The Hall–Kier alpha value is -4.68. The predicted octanol–water partition coefficient (Wildman–Crippen LogP) is 5.67. The minimum absolute atomic E-state index is 0.0671. The third-order valence-corrected chi connectivity index (χ3v) is 4.83. The summed E-state index contributed by atoms with van der Waals surface area (Å²) < 4.78 is 36.2. The van der Waals surface area contributed by atoms with Crippen LogP contribution < -0.4 is 19.5 Å². The molecule has 0 aliphatic rings. The first kappa shape index (κ1) is 23.5. The SMILES string of the molecule is COCCOc1cc2nccc(Oc3ccc(NC(=O)Oc4ccccc4)c(F)c3)c2cc1C#N. The van der Waals surface area contributed by atoms with Crippen LogP contribution in [-0.4, -0.2) is 31.4 Å². The molecule has 0 unspecified atom stereocenters. The number of fused-ring (bicyclic) bond motifs is 1. The molecule has 3 aromatic carbocycles. The van der Waals surface area contributed by atoms with Crippen LogP contribution in [0.2, 0.25) is 0 Å². The van der Waals surface area contributed by atoms with E-state index in [4.69, 9.17) is 18.9 Å². The Labute approximate surface area is 200 Å². The molecule has 1 N–H and O–H groups in total. The quantitative estimate of drug-likeness (QED) is 0.329. The number of nitriles is 1. The number of aromatic nitrogens is 1. The van der Waals surface area contributed by atoms with Gasteiger partial charge in [0.25, 0.3) is 0 Å². The van der Waals surface area contributed by atoms with E-state index in [9.17, 15) is 14.4 Å². The van der Waals surface area contributed by atoms with Gasteiger partial charge in [0.05, 0.1) is 23.4 Å². The molecule has 0 atom stereocenters. The molecule has 0 aliphatic heterocycles. The molecule has 9 heteroatoms. The average Bonchev–Trinajstić information content (AvgIpc) is 2.86. The van der Waals surface area contributed by atoms with Crippen LogP contribution in [0.5, 0.6) is 23.0 Å². The van der Waals surface area contributed by atoms with Gasteiger partial charge in [0.1, 0.15) is 35.7 Å². The van der Waals surface area contributed by atoms with E-state index in [0.29, 0.717) is 40.3 Å². The van der Waals surface area contributed by atoms with E-state index in [0.717, 1.165) is 6.07 Å². The number of amides is 1. The summed E-state index contributed by atoms with van der Waals surface area (Å²) in [5.41, 5.74) is 0.771. The van der Waals surface area contributed by atoms with E-state index in [1.807, 2.05) is 0 Å². The topological polar surface area (TPSA) is 103 Å². The Kier molecular flexibility index (Phi) is 7.35. The smallest absolute Gasteiger partial charge is 0.417 e. The lowest BCUT2D eigenvalue weighted by molar-refractivity contribution is 0.146. The number of methoxy groups -OCH3 is 1. The summed E-state index contributed by atoms with van der Waals surface area (Å²) in [5, 5.41) is 12.4. The van der Waals surface area contributed by atoms with Crippen LogP contribution in [0.1, 0.15) is 5.56 Å². The fourth-order valence-corrected chi connectivity index (χ4v) is 3.20. The third-order valence-electron chi connectivity index (χ3n) is 4.83. The Bertz CT molecular complexity index is 1390. The second-order valence-electron chi connectivity index (χ2n) is 7.20. The molecule has 0 saturated carbocycles. The minimum Gasteiger partial charge on any atom is -0.490 e. The maximum Gasteiger partial charge on any atom is 0.417 e. The van der Waals surface area contributed by atoms with E-state index in [1.165, 1.54) is 18.3 Å². The van der Waals surface area contributed by atoms with Gasteiger partial charge in [-0.3, -0.25) is 10.3 Å². The standard InChI is InChI=1S/C26H20FN3O5/c1-32-11-12-33-25-15-23-20(13-17(25)16-28)24(9-10-29-23)34-19-7-8-22(21(27)14-19)30-26(31)35-18-5-3-2-4-6-18/h2-10,13-15H,11-12H2,1H3,(H,30,31). The maximum absolute atomic E-state index is 14.7. The molecule has 8 nitrogen and oxygen atoms in total. The van der Waals surface area contributed by atoms with E-state index in [-0.39, 0.29) is 18.0 Å². The molecule has 1 heterocycles. The first-order valence-electron chi connectivity index (χ1n) is 10.5. The maximum atomic E-state index is 14.7. The van der Waals surface area contributed by atoms with Crippen LogP contribution in [-0.2, 0) is 4.74 Å². The van der Waals surface area contributed by atoms with Crippen molar-refractivity contribution in [2.75, 3.05) is 25.6 Å². The number of nitrogens with zero attached hydrogens (tertiary/aromatic N) is 2. The van der Waals surface area contributed by atoms with Gasteiger partial charge in [-0.05, 0) is 36.4 Å². The summed E-state index contributed by atoms with van der Waals surface area (Å²) in [6.45, 7) is 0.658. The van der Waals surface area contributed by atoms with Crippen LogP contribution >= 0.6 is 0 Å². The highest BCUT2D eigenvalue weighted by Gasteiger charge is 2.14. The average molecular weight is 473 g/mol. The van der Waals surface area contributed by atoms with E-state index >= 15 is 0 Å². The summed E-state index contributed by atoms with van der Waals surface area (Å²) >= 11 is 0. The van der Waals surface area contributed by atoms with Gasteiger partial charge in [0.15, 0.2) is 5.82 Å². The highest BCUT2D eigenvalue weighted by atomic mass is 19.1. The van der Waals surface area contributed by atoms with Crippen molar-refractivity contribution in [2.45, 2.75) is 0 Å². The molecule has 0 saturated heterocycles. The van der Waals surface area contributed by atoms with E-state index in [2.05, 4.69) is 16.4 Å². The first-order valence-corrected chi connectivity index (χ1v) is 10.5. The number of para-hydroxylation sites is 1. The van der Waals surface area contributed by atoms with Crippen LogP contribution in [0.25, 0.3) is 10.9 Å². The lowest BCUT2D eigenvalue weighted by atomic mass is 10.1. The number of hydrogen-bond donors (Lipinski definition) is 1. The van der Waals surface area contributed by atoms with Crippen LogP contribution in [0.4, 0.5) is 14.9 Å². The molecular weight excluding hydrogens is 453 g/mol. The summed E-state index contributed by atoms with van der Waals surface area (Å²) in [5.74, 6) is 0.566. The van der Waals surface area contributed by atoms with Crippen molar-refractivity contribution in [3.8, 4) is 29.1 Å². The van der Waals surface area contributed by atoms with Gasteiger partial charge < -0.3 is 18.9 Å². The Balaban J connectivity index is 1.52. The number of benzene rings is 3. The molecule has 0 fully saturated rings. The van der Waals surface area contributed by atoms with Crippen molar-refractivity contribution in [3.63, 3.8) is 0 Å². The van der Waals surface area contributed by atoms with Gasteiger partial charge in [-0.15, -0.1) is 0 Å². The summed E-state index contributed by atoms with van der Waals surface area (Å²) in [6.07, 6.45) is 0.713. The summed E-state index contributed by atoms with van der Waals surface area (Å²) in [6, 6.07) is 19.4. The number of pyridine rings is 1. The molecule has 0 radical (unpaired) electrons. The van der Waals surface area contributed by atoms with E-state index < -0.39 is 11.9 Å². The van der Waals surface area contributed by atoms with Crippen molar-refractivity contribution < 1.29 is 28.1 Å². The fraction of sp³-hybridized carbons (Fsp3) is 0.115. The molecule has 4 aromatic rings. The molecule has 176 valence electrons. The second kappa shape index (κ2) is 11.0. The number of nitrogens with one attached hydrogen (secondary N) is 1. The lowest BCUT2D eigenvalue weighted by Crippen LogP contribution is -2.17. The summed E-state index contributed by atoms with van der Waals surface area (Å²) in [4.78, 5) is 16.4. The van der Waals surface area contributed by atoms with Crippen LogP contribution in [0.15, 0.2) is 72.9 Å². The third kappa shape index (κ3) is 5.82. The van der Waals surface area contributed by atoms with Gasteiger partial charge in [-0.1, -0.05) is 18.2 Å². The van der Waals surface area contributed by atoms with Gasteiger partial charge in [0.2, 0.25) is 0 Å². The zero-order valence-electron chi connectivity index (χ0n) is 18.7. The first-order chi connectivity index (χ1) is 17.1. The van der Waals surface area contributed by atoms with Crippen molar-refractivity contribution in [1.29, 1.82) is 5.26 Å². The molecule has 1 aromatic heterocycles. The molecule has 0 aliphatic carbocycles. The Morgan fingerprint density at radius 2 is 1.86 bits per heavy atom. The van der Waals surface area contributed by atoms with Crippen molar-refractivity contribution in [3.05, 3.63) is 84.3 Å². The molecule has 1 amide bonds. The van der Waals surface area contributed by atoms with Gasteiger partial charge in [-0.2, -0.15) is 5.26 Å². The highest BCUT2D eigenvalue weighted by Crippen LogP contribution is 2.34. The zero-order chi connectivity index (χ0) is 24.6. The molecule has 35 heavy (non-hydrogen) atoms. The van der Waals surface area contributed by atoms with Crippen LogP contribution in [0, 0.1) is 17.1 Å². The molecular formula is C26H20FN3O5. The number of halogens is 1. The van der Waals surface area contributed by atoms with Crippen molar-refractivity contribution >= 4 is 22.7 Å². The molecule has 0 bridgehead atoms. The number of carbonyl (C=O) groups excluding carboxylic acids is 1.